The molecule has 1 N–H and O–H groups in total. The molecule has 21 heavy (non-hydrogen) atoms. The predicted molar refractivity (Wildman–Crippen MR) is 75.9 cm³/mol. The van der Waals surface area contributed by atoms with Crippen molar-refractivity contribution in [1.29, 1.82) is 0 Å². The molecule has 2 fully saturated rings. The van der Waals surface area contributed by atoms with E-state index in [1.54, 1.807) is 6.07 Å². The lowest BCUT2D eigenvalue weighted by molar-refractivity contribution is -0.141. The molecule has 0 spiro atoms. The number of pyridine rings is 1. The fourth-order valence-corrected chi connectivity index (χ4v) is 4.48. The van der Waals surface area contributed by atoms with Crippen molar-refractivity contribution in [2.45, 2.75) is 52.3 Å². The molecule has 3 atom stereocenters. The molecule has 1 heterocycles. The van der Waals surface area contributed by atoms with Crippen LogP contribution in [0.5, 0.6) is 0 Å². The first-order chi connectivity index (χ1) is 9.63. The molecule has 2 aliphatic carbocycles. The van der Waals surface area contributed by atoms with Crippen molar-refractivity contribution in [3.63, 3.8) is 0 Å². The molecule has 116 valence electrons. The number of halogens is 3. The van der Waals surface area contributed by atoms with Crippen molar-refractivity contribution in [2.24, 2.45) is 16.7 Å². The summed E-state index contributed by atoms with van der Waals surface area (Å²) >= 11 is 0. The zero-order valence-electron chi connectivity index (χ0n) is 12.6. The van der Waals surface area contributed by atoms with Gasteiger partial charge in [-0.3, -0.25) is 0 Å². The molecule has 0 aliphatic heterocycles. The molecule has 5 heteroatoms. The number of hydrogen-bond donors (Lipinski definition) is 1. The van der Waals surface area contributed by atoms with Crippen LogP contribution in [0.2, 0.25) is 0 Å². The van der Waals surface area contributed by atoms with Crippen LogP contribution in [-0.4, -0.2) is 11.0 Å². The van der Waals surface area contributed by atoms with Gasteiger partial charge in [0, 0.05) is 6.04 Å². The molecule has 1 aromatic heterocycles. The molecule has 2 bridgehead atoms. The zero-order valence-corrected chi connectivity index (χ0v) is 12.6. The highest BCUT2D eigenvalue weighted by Crippen LogP contribution is 2.63. The third-order valence-corrected chi connectivity index (χ3v) is 5.60. The van der Waals surface area contributed by atoms with Gasteiger partial charge in [-0.05, 0) is 48.1 Å². The second kappa shape index (κ2) is 4.37. The fraction of sp³-hybridized carbons (Fsp3) is 0.688. The van der Waals surface area contributed by atoms with Gasteiger partial charge in [0.25, 0.3) is 0 Å². The van der Waals surface area contributed by atoms with Gasteiger partial charge in [-0.2, -0.15) is 13.2 Å². The van der Waals surface area contributed by atoms with E-state index >= 15 is 0 Å². The summed E-state index contributed by atoms with van der Waals surface area (Å²) in [5, 5.41) is 3.30. The van der Waals surface area contributed by atoms with Crippen LogP contribution in [0.1, 0.15) is 45.7 Å². The number of nitrogens with one attached hydrogen (secondary N) is 1. The second-order valence-corrected chi connectivity index (χ2v) is 7.40. The van der Waals surface area contributed by atoms with Crippen molar-refractivity contribution >= 4 is 5.82 Å². The summed E-state index contributed by atoms with van der Waals surface area (Å²) in [6.45, 7) is 6.67. The average molecular weight is 298 g/mol. The van der Waals surface area contributed by atoms with Crippen LogP contribution in [0, 0.1) is 16.7 Å². The fourth-order valence-electron chi connectivity index (χ4n) is 4.48. The van der Waals surface area contributed by atoms with Crippen molar-refractivity contribution in [1.82, 2.24) is 4.98 Å². The highest BCUT2D eigenvalue weighted by atomic mass is 19.4. The van der Waals surface area contributed by atoms with Gasteiger partial charge < -0.3 is 5.32 Å². The van der Waals surface area contributed by atoms with Gasteiger partial charge in [0.1, 0.15) is 11.5 Å². The van der Waals surface area contributed by atoms with Gasteiger partial charge in [0.15, 0.2) is 0 Å². The highest BCUT2D eigenvalue weighted by molar-refractivity contribution is 5.40. The Morgan fingerprint density at radius 3 is 2.52 bits per heavy atom. The summed E-state index contributed by atoms with van der Waals surface area (Å²) in [6, 6.07) is 4.22. The van der Waals surface area contributed by atoms with E-state index in [0.29, 0.717) is 11.7 Å². The minimum absolute atomic E-state index is 0.0862. The van der Waals surface area contributed by atoms with Crippen LogP contribution in [0.15, 0.2) is 18.2 Å². The molecule has 3 unspecified atom stereocenters. The number of alkyl halides is 3. The molecule has 0 amide bonds. The lowest BCUT2D eigenvalue weighted by atomic mass is 9.68. The van der Waals surface area contributed by atoms with Gasteiger partial charge in [0.05, 0.1) is 0 Å². The third-order valence-electron chi connectivity index (χ3n) is 5.60. The van der Waals surface area contributed by atoms with Crippen LogP contribution in [-0.2, 0) is 6.18 Å². The van der Waals surface area contributed by atoms with Gasteiger partial charge in [-0.25, -0.2) is 4.98 Å². The Kier molecular flexibility index (Phi) is 3.05. The predicted octanol–water partition coefficient (Wildman–Crippen LogP) is 4.73. The first-order valence-electron chi connectivity index (χ1n) is 7.44. The maximum atomic E-state index is 12.8. The summed E-state index contributed by atoms with van der Waals surface area (Å²) in [6.07, 6.45) is -0.891. The Morgan fingerprint density at radius 2 is 1.95 bits per heavy atom. The number of nitrogens with zero attached hydrogens (tertiary/aromatic N) is 1. The van der Waals surface area contributed by atoms with Gasteiger partial charge in [-0.15, -0.1) is 0 Å². The summed E-state index contributed by atoms with van der Waals surface area (Å²) in [4.78, 5) is 3.75. The van der Waals surface area contributed by atoms with E-state index in [1.807, 2.05) is 0 Å². The molecule has 0 aromatic carbocycles. The second-order valence-electron chi connectivity index (χ2n) is 7.40. The molecular formula is C16H21F3N2. The molecule has 1 aromatic rings. The number of aromatic nitrogens is 1. The van der Waals surface area contributed by atoms with E-state index in [-0.39, 0.29) is 16.9 Å². The van der Waals surface area contributed by atoms with Crippen molar-refractivity contribution in [2.75, 3.05) is 5.32 Å². The minimum Gasteiger partial charge on any atom is -0.366 e. The number of hydrogen-bond acceptors (Lipinski definition) is 2. The molecule has 2 nitrogen and oxygen atoms in total. The van der Waals surface area contributed by atoms with Crippen molar-refractivity contribution < 1.29 is 13.2 Å². The average Bonchev–Trinajstić information content (AvgIpc) is 2.85. The van der Waals surface area contributed by atoms with Crippen LogP contribution in [0.25, 0.3) is 0 Å². The summed E-state index contributed by atoms with van der Waals surface area (Å²) < 4.78 is 38.3. The Bertz CT molecular complexity index is 548. The molecule has 0 saturated heterocycles. The van der Waals surface area contributed by atoms with E-state index < -0.39 is 11.9 Å². The Labute approximate surface area is 123 Å². The van der Waals surface area contributed by atoms with E-state index in [2.05, 4.69) is 31.1 Å². The molecule has 2 saturated carbocycles. The number of fused-ring (bicyclic) bond motifs is 2. The highest BCUT2D eigenvalue weighted by Gasteiger charge is 2.59. The van der Waals surface area contributed by atoms with Crippen molar-refractivity contribution in [3.05, 3.63) is 23.9 Å². The Morgan fingerprint density at radius 1 is 1.24 bits per heavy atom. The van der Waals surface area contributed by atoms with Crippen LogP contribution in [0.4, 0.5) is 19.0 Å². The van der Waals surface area contributed by atoms with E-state index in [1.165, 1.54) is 12.5 Å². The lowest BCUT2D eigenvalue weighted by Gasteiger charge is -2.43. The van der Waals surface area contributed by atoms with Crippen LogP contribution < -0.4 is 5.32 Å². The monoisotopic (exact) mass is 298 g/mol. The number of anilines is 1. The minimum atomic E-state index is -4.40. The smallest absolute Gasteiger partial charge is 0.366 e. The maximum Gasteiger partial charge on any atom is 0.433 e. The van der Waals surface area contributed by atoms with Crippen molar-refractivity contribution in [3.8, 4) is 0 Å². The molecule has 2 aliphatic rings. The van der Waals surface area contributed by atoms with Gasteiger partial charge in [-0.1, -0.05) is 26.8 Å². The Hall–Kier alpha value is -1.26. The summed E-state index contributed by atoms with van der Waals surface area (Å²) in [7, 11) is 0. The molecular weight excluding hydrogens is 277 g/mol. The zero-order chi connectivity index (χ0) is 15.5. The quantitative estimate of drug-likeness (QED) is 0.854. The van der Waals surface area contributed by atoms with E-state index in [9.17, 15) is 13.2 Å². The van der Waals surface area contributed by atoms with Gasteiger partial charge in [0.2, 0.25) is 0 Å². The third kappa shape index (κ3) is 2.30. The topological polar surface area (TPSA) is 24.9 Å². The van der Waals surface area contributed by atoms with E-state index in [4.69, 9.17) is 0 Å². The molecule has 3 rings (SSSR count). The first-order valence-corrected chi connectivity index (χ1v) is 7.44. The van der Waals surface area contributed by atoms with Gasteiger partial charge >= 0.3 is 6.18 Å². The lowest BCUT2D eigenvalue weighted by Crippen LogP contribution is -2.46. The first kappa shape index (κ1) is 14.7. The summed E-state index contributed by atoms with van der Waals surface area (Å²) in [5.74, 6) is 0.975. The van der Waals surface area contributed by atoms with Crippen LogP contribution in [0.3, 0.4) is 0 Å². The molecule has 0 radical (unpaired) electrons. The normalized spacial score (nSPS) is 34.2. The standard InChI is InChI=1S/C16H21F3N2/c1-14(2)10-7-8-15(3,9-10)13(14)21-12-6-4-5-11(20-12)16(17,18)19/h4-6,10,13H,7-9H2,1-3H3,(H,20,21). The maximum absolute atomic E-state index is 12.8. The van der Waals surface area contributed by atoms with E-state index in [0.717, 1.165) is 18.9 Å². The Balaban J connectivity index is 1.87. The van der Waals surface area contributed by atoms with Crippen LogP contribution >= 0.6 is 0 Å². The summed E-state index contributed by atoms with van der Waals surface area (Å²) in [5.41, 5.74) is -0.592. The number of rotatable bonds is 2. The SMILES string of the molecule is CC12CCC(C1)C(C)(C)C2Nc1cccc(C(F)(F)F)n1. The largest absolute Gasteiger partial charge is 0.433 e.